The molecule has 0 fully saturated rings. The Morgan fingerprint density at radius 2 is 1.35 bits per heavy atom. The molecule has 0 amide bonds. The number of hydrogen-bond donors (Lipinski definition) is 0. The third-order valence-corrected chi connectivity index (χ3v) is 5.94. The number of rotatable bonds is 8. The fourth-order valence-corrected chi connectivity index (χ4v) is 4.02. The lowest BCUT2D eigenvalue weighted by Gasteiger charge is -2.17. The fourth-order valence-electron chi connectivity index (χ4n) is 4.02. The molecule has 1 aromatic heterocycles. The summed E-state index contributed by atoms with van der Waals surface area (Å²) in [5.41, 5.74) is 3.24. The van der Waals surface area contributed by atoms with Crippen molar-refractivity contribution in [2.75, 3.05) is 7.11 Å². The van der Waals surface area contributed by atoms with Crippen LogP contribution in [-0.2, 0) is 4.74 Å². The highest BCUT2D eigenvalue weighted by Crippen LogP contribution is 2.29. The zero-order chi connectivity index (χ0) is 25.6. The van der Waals surface area contributed by atoms with E-state index >= 15 is 0 Å². The van der Waals surface area contributed by atoms with Crippen LogP contribution in [0.2, 0.25) is 0 Å². The number of para-hydroxylation sites is 1. The van der Waals surface area contributed by atoms with Gasteiger partial charge in [0.25, 0.3) is 0 Å². The predicted molar refractivity (Wildman–Crippen MR) is 141 cm³/mol. The third kappa shape index (κ3) is 5.18. The molecule has 0 aliphatic carbocycles. The van der Waals surface area contributed by atoms with E-state index in [-0.39, 0.29) is 11.3 Å². The maximum atomic E-state index is 13.7. The summed E-state index contributed by atoms with van der Waals surface area (Å²) in [6.07, 6.45) is 0.520. The monoisotopic (exact) mass is 488 g/mol. The van der Waals surface area contributed by atoms with Crippen molar-refractivity contribution in [1.82, 2.24) is 9.78 Å². The smallest absolute Gasteiger partial charge is 0.343 e. The zero-order valence-electron chi connectivity index (χ0n) is 20.2. The van der Waals surface area contributed by atoms with Crippen molar-refractivity contribution in [2.24, 2.45) is 0 Å². The number of esters is 1. The zero-order valence-corrected chi connectivity index (χ0v) is 20.2. The van der Waals surface area contributed by atoms with Crippen molar-refractivity contribution < 1.29 is 19.1 Å². The molecule has 0 saturated heterocycles. The van der Waals surface area contributed by atoms with Gasteiger partial charge in [-0.3, -0.25) is 4.79 Å². The fraction of sp³-hybridized carbons (Fsp3) is 0.0645. The highest BCUT2D eigenvalue weighted by atomic mass is 16.5. The van der Waals surface area contributed by atoms with E-state index in [0.717, 1.165) is 5.69 Å². The van der Waals surface area contributed by atoms with E-state index in [4.69, 9.17) is 14.6 Å². The molecule has 0 N–H and O–H groups in total. The summed E-state index contributed by atoms with van der Waals surface area (Å²) in [4.78, 5) is 27.1. The molecule has 182 valence electrons. The van der Waals surface area contributed by atoms with Gasteiger partial charge in [0.15, 0.2) is 6.10 Å². The van der Waals surface area contributed by atoms with Crippen molar-refractivity contribution in [3.63, 3.8) is 0 Å². The molecule has 6 nitrogen and oxygen atoms in total. The molecule has 0 aliphatic rings. The van der Waals surface area contributed by atoms with E-state index in [1.807, 2.05) is 66.7 Å². The van der Waals surface area contributed by atoms with Gasteiger partial charge in [0.1, 0.15) is 17.0 Å². The molecule has 4 aromatic carbocycles. The van der Waals surface area contributed by atoms with Crippen molar-refractivity contribution in [3.8, 4) is 22.7 Å². The van der Waals surface area contributed by atoms with Crippen LogP contribution in [0.5, 0.6) is 5.75 Å². The van der Waals surface area contributed by atoms with Crippen LogP contribution in [0.4, 0.5) is 0 Å². The second-order valence-electron chi connectivity index (χ2n) is 8.33. The molecule has 5 aromatic rings. The second-order valence-corrected chi connectivity index (χ2v) is 8.33. The number of ketones is 1. The minimum Gasteiger partial charge on any atom is -0.497 e. The molecular weight excluding hydrogens is 464 g/mol. The molecule has 37 heavy (non-hydrogen) atoms. The number of methoxy groups -OCH3 is 1. The van der Waals surface area contributed by atoms with Crippen LogP contribution in [0.3, 0.4) is 0 Å². The van der Waals surface area contributed by atoms with E-state index in [2.05, 4.69) is 0 Å². The van der Waals surface area contributed by atoms with Crippen LogP contribution in [0.1, 0.15) is 32.4 Å². The second kappa shape index (κ2) is 10.7. The van der Waals surface area contributed by atoms with Gasteiger partial charge in [0.2, 0.25) is 5.78 Å². The Kier molecular flexibility index (Phi) is 6.90. The summed E-state index contributed by atoms with van der Waals surface area (Å²) in [7, 11) is 1.59. The van der Waals surface area contributed by atoms with E-state index in [1.165, 1.54) is 0 Å². The Labute approximate surface area is 214 Å². The van der Waals surface area contributed by atoms with E-state index < -0.39 is 12.1 Å². The van der Waals surface area contributed by atoms with Gasteiger partial charge in [-0.25, -0.2) is 9.48 Å². The van der Waals surface area contributed by atoms with Gasteiger partial charge in [0, 0.05) is 22.9 Å². The Balaban J connectivity index is 1.55. The van der Waals surface area contributed by atoms with Crippen LogP contribution < -0.4 is 4.74 Å². The Morgan fingerprint density at radius 1 is 0.757 bits per heavy atom. The van der Waals surface area contributed by atoms with Crippen LogP contribution in [-0.4, -0.2) is 28.6 Å². The molecule has 0 saturated carbocycles. The normalized spacial score (nSPS) is 11.5. The molecule has 1 heterocycles. The van der Waals surface area contributed by atoms with Crippen LogP contribution in [0.25, 0.3) is 16.9 Å². The first kappa shape index (κ1) is 23.8. The van der Waals surface area contributed by atoms with Crippen LogP contribution >= 0.6 is 0 Å². The van der Waals surface area contributed by atoms with Gasteiger partial charge in [-0.05, 0) is 36.4 Å². The van der Waals surface area contributed by atoms with Crippen molar-refractivity contribution in [1.29, 1.82) is 0 Å². The van der Waals surface area contributed by atoms with E-state index in [9.17, 15) is 9.59 Å². The number of carbonyl (C=O) groups excluding carboxylic acids is 2. The largest absolute Gasteiger partial charge is 0.497 e. The average Bonchev–Trinajstić information content (AvgIpc) is 3.43. The SMILES string of the molecule is COc1ccc(-c2nn(-c3ccccc3)cc2C(=O)OC(C(=O)c2ccccc2)c2ccccc2)cc1. The van der Waals surface area contributed by atoms with Gasteiger partial charge >= 0.3 is 5.97 Å². The number of nitrogens with zero attached hydrogens (tertiary/aromatic N) is 2. The number of carbonyl (C=O) groups is 2. The minimum absolute atomic E-state index is 0.246. The lowest BCUT2D eigenvalue weighted by Crippen LogP contribution is -2.20. The topological polar surface area (TPSA) is 70.4 Å². The molecule has 0 spiro atoms. The summed E-state index contributed by atoms with van der Waals surface area (Å²) < 4.78 is 12.8. The quantitative estimate of drug-likeness (QED) is 0.189. The summed E-state index contributed by atoms with van der Waals surface area (Å²) >= 11 is 0. The van der Waals surface area contributed by atoms with Crippen LogP contribution in [0.15, 0.2) is 121 Å². The molecule has 1 unspecified atom stereocenters. The summed E-state index contributed by atoms with van der Waals surface area (Å²) in [6, 6.07) is 34.6. The molecular formula is C31H24N2O4. The maximum Gasteiger partial charge on any atom is 0.343 e. The summed E-state index contributed by atoms with van der Waals surface area (Å²) in [5, 5.41) is 4.70. The Bertz CT molecular complexity index is 1500. The van der Waals surface area contributed by atoms with E-state index in [0.29, 0.717) is 28.1 Å². The number of Topliss-reactive ketones (excluding diaryl/α,β-unsaturated/α-hetero) is 1. The molecule has 6 heteroatoms. The van der Waals surface area contributed by atoms with Crippen molar-refractivity contribution in [2.45, 2.75) is 6.10 Å². The number of ether oxygens (including phenoxy) is 2. The molecule has 0 aliphatic heterocycles. The number of hydrogen-bond acceptors (Lipinski definition) is 5. The highest BCUT2D eigenvalue weighted by Gasteiger charge is 2.29. The lowest BCUT2D eigenvalue weighted by molar-refractivity contribution is 0.0280. The van der Waals surface area contributed by atoms with Gasteiger partial charge in [-0.15, -0.1) is 0 Å². The average molecular weight is 489 g/mol. The van der Waals surface area contributed by atoms with E-state index in [1.54, 1.807) is 66.5 Å². The first-order chi connectivity index (χ1) is 18.1. The minimum atomic E-state index is -1.11. The molecule has 1 atom stereocenters. The van der Waals surface area contributed by atoms with Gasteiger partial charge < -0.3 is 9.47 Å². The summed E-state index contributed by atoms with van der Waals surface area (Å²) in [5.74, 6) is -0.263. The highest BCUT2D eigenvalue weighted by molar-refractivity contribution is 6.03. The van der Waals surface area contributed by atoms with Gasteiger partial charge in [-0.2, -0.15) is 5.10 Å². The Morgan fingerprint density at radius 3 is 1.97 bits per heavy atom. The first-order valence-electron chi connectivity index (χ1n) is 11.8. The van der Waals surface area contributed by atoms with Crippen molar-refractivity contribution >= 4 is 11.8 Å². The predicted octanol–water partition coefficient (Wildman–Crippen LogP) is 6.33. The summed E-state index contributed by atoms with van der Waals surface area (Å²) in [6.45, 7) is 0. The van der Waals surface area contributed by atoms with Gasteiger partial charge in [0.05, 0.1) is 12.8 Å². The van der Waals surface area contributed by atoms with Gasteiger partial charge in [-0.1, -0.05) is 78.9 Å². The Hall–Kier alpha value is -4.97. The van der Waals surface area contributed by atoms with Crippen LogP contribution in [0, 0.1) is 0 Å². The number of aromatic nitrogens is 2. The standard InChI is InChI=1S/C31H24N2O4/c1-36-26-19-17-22(18-20-26)28-27(21-33(32-28)25-15-9-4-10-16-25)31(35)37-30(24-13-7-3-8-14-24)29(34)23-11-5-2-6-12-23/h2-21,30H,1H3. The third-order valence-electron chi connectivity index (χ3n) is 5.94. The molecule has 0 bridgehead atoms. The molecule has 5 rings (SSSR count). The maximum absolute atomic E-state index is 13.7. The lowest BCUT2D eigenvalue weighted by atomic mass is 9.99. The first-order valence-corrected chi connectivity index (χ1v) is 11.8. The number of benzene rings is 4. The van der Waals surface area contributed by atoms with Crippen molar-refractivity contribution in [3.05, 3.63) is 138 Å². The molecule has 0 radical (unpaired) electrons.